The average Bonchev–Trinajstić information content (AvgIpc) is 4.06. The van der Waals surface area contributed by atoms with Crippen LogP contribution in [0.2, 0.25) is 0 Å². The summed E-state index contributed by atoms with van der Waals surface area (Å²) in [6.45, 7) is 1.86. The van der Waals surface area contributed by atoms with Gasteiger partial charge in [0.2, 0.25) is 11.8 Å². The molecule has 2 aliphatic heterocycles. The number of alkyl carbamates (subject to hydrolysis) is 2. The summed E-state index contributed by atoms with van der Waals surface area (Å²) in [5, 5.41) is 11.2. The molecule has 2 aliphatic rings. The molecule has 6 amide bonds. The first-order valence-electron chi connectivity index (χ1n) is 21.6. The predicted molar refractivity (Wildman–Crippen MR) is 245 cm³/mol. The van der Waals surface area contributed by atoms with E-state index in [1.165, 1.54) is 24.0 Å². The van der Waals surface area contributed by atoms with E-state index in [1.807, 2.05) is 91.0 Å². The normalized spacial score (nSPS) is 16.4. The average molecular weight is 880 g/mol. The molecule has 0 saturated carbocycles. The minimum Gasteiger partial charge on any atom is -0.453 e. The monoisotopic (exact) mass is 879 g/mol. The SMILES string of the molecule is COC(=O)N[C@H](C(=O)N1CCC[C@H]1C(=O)Nc1ccc(CN(Cc2ccc(NC(=O)[C@@H]3CCCN3C(=O)[C@@H](NC(=O)OC)c3ccccc3)cc2)c2ccccc2)cc1)c1ccccc1. The van der Waals surface area contributed by atoms with Crippen molar-refractivity contribution in [3.05, 3.63) is 162 Å². The lowest BCUT2D eigenvalue weighted by atomic mass is 10.0. The molecule has 0 spiro atoms. The summed E-state index contributed by atoms with van der Waals surface area (Å²) in [4.78, 5) is 84.6. The van der Waals surface area contributed by atoms with Crippen molar-refractivity contribution < 1.29 is 38.2 Å². The molecule has 5 aromatic rings. The Bertz CT molecular complexity index is 2270. The van der Waals surface area contributed by atoms with Crippen molar-refractivity contribution in [3.63, 3.8) is 0 Å². The Balaban J connectivity index is 0.972. The fraction of sp³-hybridized carbons (Fsp3) is 0.280. The first kappa shape index (κ1) is 45.3. The third-order valence-corrected chi connectivity index (χ3v) is 11.6. The zero-order valence-electron chi connectivity index (χ0n) is 36.4. The Hall–Kier alpha value is -7.68. The second kappa shape index (κ2) is 21.6. The lowest BCUT2D eigenvalue weighted by Crippen LogP contribution is -2.48. The van der Waals surface area contributed by atoms with E-state index in [2.05, 4.69) is 26.2 Å². The fourth-order valence-electron chi connectivity index (χ4n) is 8.31. The van der Waals surface area contributed by atoms with E-state index in [4.69, 9.17) is 9.47 Å². The first-order valence-corrected chi connectivity index (χ1v) is 21.6. The quantitative estimate of drug-likeness (QED) is 0.0867. The Morgan fingerprint density at radius 1 is 0.538 bits per heavy atom. The van der Waals surface area contributed by atoms with Crippen molar-refractivity contribution in [2.45, 2.75) is 62.9 Å². The molecule has 7 rings (SSSR count). The third-order valence-electron chi connectivity index (χ3n) is 11.6. The van der Waals surface area contributed by atoms with Crippen LogP contribution in [-0.4, -0.2) is 85.0 Å². The topological polar surface area (TPSA) is 179 Å². The van der Waals surface area contributed by atoms with Gasteiger partial charge in [-0.05, 0) is 84.3 Å². The predicted octanol–water partition coefficient (Wildman–Crippen LogP) is 6.95. The van der Waals surface area contributed by atoms with Gasteiger partial charge in [0.05, 0.1) is 14.2 Å². The smallest absolute Gasteiger partial charge is 0.407 e. The molecule has 336 valence electrons. The standard InChI is InChI=1S/C50H53N7O8/c1-64-49(62)53-43(36-14-6-3-7-15-36)47(60)56-30-12-20-41(56)45(58)51-38-26-22-34(23-27-38)32-55(40-18-10-5-11-19-40)33-35-24-28-39(29-25-35)52-46(59)42-21-13-31-57(42)48(61)44(54-50(63)65-2)37-16-8-4-9-17-37/h3-11,14-19,22-29,41-44H,12-13,20-21,30-33H2,1-2H3,(H,51,58)(H,52,59)(H,53,62)(H,54,63)/t41-,42-,43-,44-/m0/s1. The number of nitrogens with zero attached hydrogens (tertiary/aromatic N) is 3. The van der Waals surface area contributed by atoms with E-state index in [0.29, 0.717) is 74.4 Å². The summed E-state index contributed by atoms with van der Waals surface area (Å²) in [6, 6.07) is 39.5. The van der Waals surface area contributed by atoms with Crippen LogP contribution in [0.1, 0.15) is 60.0 Å². The molecule has 0 radical (unpaired) electrons. The number of likely N-dealkylation sites (tertiary alicyclic amines) is 2. The van der Waals surface area contributed by atoms with Crippen molar-refractivity contribution in [2.24, 2.45) is 0 Å². The van der Waals surface area contributed by atoms with Gasteiger partial charge < -0.3 is 45.4 Å². The number of amides is 6. The van der Waals surface area contributed by atoms with Gasteiger partial charge in [-0.1, -0.05) is 103 Å². The number of methoxy groups -OCH3 is 2. The maximum Gasteiger partial charge on any atom is 0.407 e. The molecule has 0 aromatic heterocycles. The molecule has 5 aromatic carbocycles. The molecule has 2 fully saturated rings. The molecule has 0 bridgehead atoms. The molecule has 0 aliphatic carbocycles. The van der Waals surface area contributed by atoms with Gasteiger partial charge in [-0.2, -0.15) is 0 Å². The summed E-state index contributed by atoms with van der Waals surface area (Å²) in [5.74, 6) is -1.39. The van der Waals surface area contributed by atoms with Crippen LogP contribution < -0.4 is 26.2 Å². The minimum absolute atomic E-state index is 0.308. The van der Waals surface area contributed by atoms with Gasteiger partial charge in [-0.25, -0.2) is 9.59 Å². The van der Waals surface area contributed by atoms with Crippen LogP contribution in [0.15, 0.2) is 140 Å². The van der Waals surface area contributed by atoms with Crippen LogP contribution in [0, 0.1) is 0 Å². The van der Waals surface area contributed by atoms with Crippen LogP contribution in [0.5, 0.6) is 0 Å². The second-order valence-electron chi connectivity index (χ2n) is 15.9. The summed E-state index contributed by atoms with van der Waals surface area (Å²) in [5.41, 5.74) is 5.36. The van der Waals surface area contributed by atoms with Crippen molar-refractivity contribution in [3.8, 4) is 0 Å². The highest BCUT2D eigenvalue weighted by atomic mass is 16.5. The molecule has 2 saturated heterocycles. The van der Waals surface area contributed by atoms with E-state index in [0.717, 1.165) is 16.8 Å². The largest absolute Gasteiger partial charge is 0.453 e. The van der Waals surface area contributed by atoms with Gasteiger partial charge in [-0.3, -0.25) is 19.2 Å². The van der Waals surface area contributed by atoms with Gasteiger partial charge in [0, 0.05) is 43.2 Å². The Labute approximate surface area is 378 Å². The Morgan fingerprint density at radius 3 is 1.28 bits per heavy atom. The van der Waals surface area contributed by atoms with Crippen molar-refractivity contribution >= 4 is 52.9 Å². The molecule has 0 unspecified atom stereocenters. The first-order chi connectivity index (χ1) is 31.6. The van der Waals surface area contributed by atoms with Crippen LogP contribution in [0.4, 0.5) is 26.7 Å². The lowest BCUT2D eigenvalue weighted by molar-refractivity contribution is -0.138. The van der Waals surface area contributed by atoms with Crippen molar-refractivity contribution in [1.29, 1.82) is 0 Å². The molecule has 15 nitrogen and oxygen atoms in total. The van der Waals surface area contributed by atoms with Crippen LogP contribution in [-0.2, 0) is 41.7 Å². The van der Waals surface area contributed by atoms with E-state index in [9.17, 15) is 28.8 Å². The maximum atomic E-state index is 13.8. The number of para-hydroxylation sites is 1. The third kappa shape index (κ3) is 11.5. The van der Waals surface area contributed by atoms with E-state index in [1.54, 1.807) is 48.5 Å². The minimum atomic E-state index is -1.01. The second-order valence-corrected chi connectivity index (χ2v) is 15.9. The van der Waals surface area contributed by atoms with Crippen LogP contribution >= 0.6 is 0 Å². The molecule has 2 heterocycles. The number of nitrogens with one attached hydrogen (secondary N) is 4. The molecule has 15 heteroatoms. The van der Waals surface area contributed by atoms with Gasteiger partial charge in [0.1, 0.15) is 24.2 Å². The number of rotatable bonds is 15. The van der Waals surface area contributed by atoms with Gasteiger partial charge in [-0.15, -0.1) is 0 Å². The number of hydrogen-bond donors (Lipinski definition) is 4. The highest BCUT2D eigenvalue weighted by molar-refractivity contribution is 6.00. The van der Waals surface area contributed by atoms with Crippen molar-refractivity contribution in [1.82, 2.24) is 20.4 Å². The molecule has 4 atom stereocenters. The summed E-state index contributed by atoms with van der Waals surface area (Å²) in [6.07, 6.45) is 0.779. The summed E-state index contributed by atoms with van der Waals surface area (Å²) < 4.78 is 9.57. The number of carbonyl (C=O) groups excluding carboxylic acids is 6. The number of benzene rings is 5. The highest BCUT2D eigenvalue weighted by Crippen LogP contribution is 2.28. The number of carbonyl (C=O) groups is 6. The van der Waals surface area contributed by atoms with E-state index >= 15 is 0 Å². The zero-order valence-corrected chi connectivity index (χ0v) is 36.4. The number of hydrogen-bond acceptors (Lipinski definition) is 9. The Kier molecular flexibility index (Phi) is 15.1. The summed E-state index contributed by atoms with van der Waals surface area (Å²) in [7, 11) is 2.47. The van der Waals surface area contributed by atoms with Gasteiger partial charge >= 0.3 is 12.2 Å². The number of anilines is 3. The molecule has 65 heavy (non-hydrogen) atoms. The van der Waals surface area contributed by atoms with Crippen LogP contribution in [0.3, 0.4) is 0 Å². The Morgan fingerprint density at radius 2 is 0.908 bits per heavy atom. The van der Waals surface area contributed by atoms with Gasteiger partial charge in [0.25, 0.3) is 11.8 Å². The summed E-state index contributed by atoms with van der Waals surface area (Å²) >= 11 is 0. The van der Waals surface area contributed by atoms with Gasteiger partial charge in [0.15, 0.2) is 0 Å². The molecule has 4 N–H and O–H groups in total. The lowest BCUT2D eigenvalue weighted by Gasteiger charge is -2.29. The molecular formula is C50H53N7O8. The van der Waals surface area contributed by atoms with E-state index < -0.39 is 36.4 Å². The number of ether oxygens (including phenoxy) is 2. The highest BCUT2D eigenvalue weighted by Gasteiger charge is 2.40. The van der Waals surface area contributed by atoms with E-state index in [-0.39, 0.29) is 23.6 Å². The maximum absolute atomic E-state index is 13.8. The zero-order chi connectivity index (χ0) is 45.7. The molecular weight excluding hydrogens is 827 g/mol. The van der Waals surface area contributed by atoms with Crippen LogP contribution in [0.25, 0.3) is 0 Å². The fourth-order valence-corrected chi connectivity index (χ4v) is 8.31. The van der Waals surface area contributed by atoms with Crippen molar-refractivity contribution in [2.75, 3.05) is 42.8 Å².